The van der Waals surface area contributed by atoms with Crippen LogP contribution < -0.4 is 5.32 Å². The number of thiazole rings is 1. The van der Waals surface area contributed by atoms with Gasteiger partial charge in [-0.3, -0.25) is 0 Å². The molecule has 3 rings (SSSR count). The van der Waals surface area contributed by atoms with E-state index in [1.165, 1.54) is 21.4 Å². The molecule has 3 aromatic rings. The van der Waals surface area contributed by atoms with E-state index in [1.807, 2.05) is 0 Å². The quantitative estimate of drug-likeness (QED) is 0.758. The van der Waals surface area contributed by atoms with Crippen molar-refractivity contribution in [2.75, 3.05) is 11.9 Å². The van der Waals surface area contributed by atoms with Gasteiger partial charge in [0.2, 0.25) is 0 Å². The van der Waals surface area contributed by atoms with Gasteiger partial charge in [-0.25, -0.2) is 4.98 Å². The smallest absolute Gasteiger partial charge is 0.183 e. The van der Waals surface area contributed by atoms with E-state index in [2.05, 4.69) is 61.6 Å². The number of hydrogen-bond acceptors (Lipinski definition) is 3. The summed E-state index contributed by atoms with van der Waals surface area (Å²) in [5.41, 5.74) is 5.04. The summed E-state index contributed by atoms with van der Waals surface area (Å²) in [6.45, 7) is 5.19. The van der Waals surface area contributed by atoms with Crippen molar-refractivity contribution in [2.45, 2.75) is 20.3 Å². The fraction of sp³-hybridized carbons (Fsp3) is 0.235. The van der Waals surface area contributed by atoms with E-state index in [0.717, 1.165) is 23.6 Å². The SMILES string of the molecule is Cc1ccc(C)c2sc(NCCc3ccccc3)nc12. The number of anilines is 1. The molecule has 0 saturated carbocycles. The van der Waals surface area contributed by atoms with Crippen LogP contribution in [0.4, 0.5) is 5.13 Å². The Morgan fingerprint density at radius 3 is 2.50 bits per heavy atom. The number of hydrogen-bond donors (Lipinski definition) is 1. The van der Waals surface area contributed by atoms with Crippen LogP contribution in [0.1, 0.15) is 16.7 Å². The molecule has 0 aliphatic rings. The summed E-state index contributed by atoms with van der Waals surface area (Å²) in [5.74, 6) is 0. The fourth-order valence-electron chi connectivity index (χ4n) is 2.29. The van der Waals surface area contributed by atoms with Crippen molar-refractivity contribution >= 4 is 26.7 Å². The molecule has 3 heteroatoms. The van der Waals surface area contributed by atoms with Gasteiger partial charge in [0, 0.05) is 6.54 Å². The van der Waals surface area contributed by atoms with Crippen molar-refractivity contribution < 1.29 is 0 Å². The van der Waals surface area contributed by atoms with Gasteiger partial charge in [0.25, 0.3) is 0 Å². The van der Waals surface area contributed by atoms with Crippen LogP contribution in [0.25, 0.3) is 10.2 Å². The van der Waals surface area contributed by atoms with Crippen molar-refractivity contribution in [3.8, 4) is 0 Å². The Bertz CT molecular complexity index is 677. The van der Waals surface area contributed by atoms with Gasteiger partial charge in [0.1, 0.15) is 0 Å². The van der Waals surface area contributed by atoms with Crippen LogP contribution in [0.3, 0.4) is 0 Å². The number of nitrogens with one attached hydrogen (secondary N) is 1. The van der Waals surface area contributed by atoms with E-state index < -0.39 is 0 Å². The molecule has 0 fully saturated rings. The molecule has 0 radical (unpaired) electrons. The molecule has 0 unspecified atom stereocenters. The van der Waals surface area contributed by atoms with E-state index in [4.69, 9.17) is 4.98 Å². The maximum Gasteiger partial charge on any atom is 0.183 e. The number of fused-ring (bicyclic) bond motifs is 1. The summed E-state index contributed by atoms with van der Waals surface area (Å²) >= 11 is 1.75. The molecule has 0 aliphatic heterocycles. The highest BCUT2D eigenvalue weighted by Crippen LogP contribution is 2.30. The minimum absolute atomic E-state index is 0.919. The third kappa shape index (κ3) is 2.68. The summed E-state index contributed by atoms with van der Waals surface area (Å²) in [5, 5.41) is 4.47. The molecular formula is C17H18N2S. The number of benzene rings is 2. The van der Waals surface area contributed by atoms with Crippen LogP contribution in [-0.2, 0) is 6.42 Å². The molecule has 2 nitrogen and oxygen atoms in total. The molecule has 1 aromatic heterocycles. The Kier molecular flexibility index (Phi) is 3.70. The van der Waals surface area contributed by atoms with E-state index in [9.17, 15) is 0 Å². The Balaban J connectivity index is 1.72. The summed E-state index contributed by atoms with van der Waals surface area (Å²) < 4.78 is 1.30. The van der Waals surface area contributed by atoms with Crippen molar-refractivity contribution in [1.82, 2.24) is 4.98 Å². The van der Waals surface area contributed by atoms with Crippen LogP contribution in [0.5, 0.6) is 0 Å². The minimum Gasteiger partial charge on any atom is -0.361 e. The van der Waals surface area contributed by atoms with Gasteiger partial charge in [-0.05, 0) is 37.0 Å². The molecule has 2 aromatic carbocycles. The zero-order valence-corrected chi connectivity index (χ0v) is 12.6. The highest BCUT2D eigenvalue weighted by molar-refractivity contribution is 7.22. The summed E-state index contributed by atoms with van der Waals surface area (Å²) in [7, 11) is 0. The maximum absolute atomic E-state index is 4.71. The number of aromatic nitrogens is 1. The topological polar surface area (TPSA) is 24.9 Å². The molecule has 0 atom stereocenters. The first kappa shape index (κ1) is 13.1. The largest absolute Gasteiger partial charge is 0.361 e. The standard InChI is InChI=1S/C17H18N2S/c1-12-8-9-13(2)16-15(12)19-17(20-16)18-11-10-14-6-4-3-5-7-14/h3-9H,10-11H2,1-2H3,(H,18,19). The molecule has 20 heavy (non-hydrogen) atoms. The lowest BCUT2D eigenvalue weighted by Gasteiger charge is -2.02. The van der Waals surface area contributed by atoms with E-state index in [-0.39, 0.29) is 0 Å². The van der Waals surface area contributed by atoms with E-state index >= 15 is 0 Å². The molecule has 0 bridgehead atoms. The average Bonchev–Trinajstić information content (AvgIpc) is 2.90. The molecular weight excluding hydrogens is 264 g/mol. The van der Waals surface area contributed by atoms with E-state index in [1.54, 1.807) is 11.3 Å². The number of nitrogens with zero attached hydrogens (tertiary/aromatic N) is 1. The Hall–Kier alpha value is -1.87. The molecule has 0 aliphatic carbocycles. The van der Waals surface area contributed by atoms with Crippen LogP contribution in [-0.4, -0.2) is 11.5 Å². The first-order chi connectivity index (χ1) is 9.74. The highest BCUT2D eigenvalue weighted by Gasteiger charge is 2.07. The second kappa shape index (κ2) is 5.63. The van der Waals surface area contributed by atoms with Gasteiger partial charge < -0.3 is 5.32 Å². The van der Waals surface area contributed by atoms with Crippen LogP contribution in [0, 0.1) is 13.8 Å². The molecule has 1 N–H and O–H groups in total. The third-order valence-electron chi connectivity index (χ3n) is 3.47. The zero-order valence-electron chi connectivity index (χ0n) is 11.8. The second-order valence-corrected chi connectivity index (χ2v) is 6.06. The number of rotatable bonds is 4. The Morgan fingerprint density at radius 2 is 1.75 bits per heavy atom. The Labute approximate surface area is 123 Å². The molecule has 0 spiro atoms. The monoisotopic (exact) mass is 282 g/mol. The fourth-order valence-corrected chi connectivity index (χ4v) is 3.33. The van der Waals surface area contributed by atoms with Gasteiger partial charge in [-0.2, -0.15) is 0 Å². The Morgan fingerprint density at radius 1 is 1.00 bits per heavy atom. The lowest BCUT2D eigenvalue weighted by Crippen LogP contribution is -2.04. The number of aryl methyl sites for hydroxylation is 2. The van der Waals surface area contributed by atoms with Crippen LogP contribution >= 0.6 is 11.3 Å². The lowest BCUT2D eigenvalue weighted by atomic mass is 10.1. The van der Waals surface area contributed by atoms with Crippen LogP contribution in [0.2, 0.25) is 0 Å². The zero-order chi connectivity index (χ0) is 13.9. The molecule has 102 valence electrons. The molecule has 0 saturated heterocycles. The summed E-state index contributed by atoms with van der Waals surface area (Å²) in [4.78, 5) is 4.71. The maximum atomic E-state index is 4.71. The third-order valence-corrected chi connectivity index (χ3v) is 4.62. The summed E-state index contributed by atoms with van der Waals surface area (Å²) in [6.07, 6.45) is 1.02. The first-order valence-corrected chi connectivity index (χ1v) is 7.70. The van der Waals surface area contributed by atoms with Crippen molar-refractivity contribution in [3.63, 3.8) is 0 Å². The van der Waals surface area contributed by atoms with Crippen molar-refractivity contribution in [3.05, 3.63) is 59.2 Å². The summed E-state index contributed by atoms with van der Waals surface area (Å²) in [6, 6.07) is 14.9. The van der Waals surface area contributed by atoms with Gasteiger partial charge in [-0.1, -0.05) is 53.8 Å². The van der Waals surface area contributed by atoms with E-state index in [0.29, 0.717) is 0 Å². The highest BCUT2D eigenvalue weighted by atomic mass is 32.1. The van der Waals surface area contributed by atoms with Crippen molar-refractivity contribution in [2.24, 2.45) is 0 Å². The molecule has 1 heterocycles. The predicted octanol–water partition coefficient (Wildman–Crippen LogP) is 4.57. The second-order valence-electron chi connectivity index (χ2n) is 5.06. The van der Waals surface area contributed by atoms with Gasteiger partial charge >= 0.3 is 0 Å². The van der Waals surface area contributed by atoms with Crippen molar-refractivity contribution in [1.29, 1.82) is 0 Å². The predicted molar refractivity (Wildman–Crippen MR) is 87.7 cm³/mol. The average molecular weight is 282 g/mol. The minimum atomic E-state index is 0.919. The van der Waals surface area contributed by atoms with Crippen LogP contribution in [0.15, 0.2) is 42.5 Å². The molecule has 0 amide bonds. The normalized spacial score (nSPS) is 10.9. The van der Waals surface area contributed by atoms with Gasteiger partial charge in [0.15, 0.2) is 5.13 Å². The first-order valence-electron chi connectivity index (χ1n) is 6.88. The lowest BCUT2D eigenvalue weighted by molar-refractivity contribution is 1.02. The van der Waals surface area contributed by atoms with Gasteiger partial charge in [-0.15, -0.1) is 0 Å². The van der Waals surface area contributed by atoms with Gasteiger partial charge in [0.05, 0.1) is 10.2 Å².